The van der Waals surface area contributed by atoms with E-state index in [0.717, 1.165) is 27.8 Å². The number of hydrogen-bond donors (Lipinski definition) is 5. The predicted octanol–water partition coefficient (Wildman–Crippen LogP) is 4.77. The Morgan fingerprint density at radius 3 is 2.05 bits per heavy atom. The Balaban J connectivity index is 1.36. The number of fused-ring (bicyclic) bond motifs is 3. The van der Waals surface area contributed by atoms with Crippen LogP contribution in [0.15, 0.2) is 72.8 Å². The van der Waals surface area contributed by atoms with Gasteiger partial charge in [0.25, 0.3) is 0 Å². The predicted molar refractivity (Wildman–Crippen MR) is 162 cm³/mol. The van der Waals surface area contributed by atoms with Gasteiger partial charge in [0, 0.05) is 24.1 Å². The summed E-state index contributed by atoms with van der Waals surface area (Å²) >= 11 is 0. The maximum Gasteiger partial charge on any atom is 0.407 e. The van der Waals surface area contributed by atoms with Crippen molar-refractivity contribution in [3.63, 3.8) is 0 Å². The highest BCUT2D eigenvalue weighted by molar-refractivity contribution is 5.96. The van der Waals surface area contributed by atoms with Crippen LogP contribution in [0, 0.1) is 5.41 Å². The number of hydrogen-bond acceptors (Lipinski definition) is 6. The number of carboxylic acid groups (broad SMARTS) is 2. The van der Waals surface area contributed by atoms with Crippen LogP contribution in [0.5, 0.6) is 0 Å². The first-order chi connectivity index (χ1) is 20.4. The lowest BCUT2D eigenvalue weighted by atomic mass is 9.84. The lowest BCUT2D eigenvalue weighted by Gasteiger charge is -2.23. The van der Waals surface area contributed by atoms with Gasteiger partial charge in [-0.2, -0.15) is 0 Å². The zero-order valence-electron chi connectivity index (χ0n) is 24.2. The zero-order chi connectivity index (χ0) is 31.1. The van der Waals surface area contributed by atoms with E-state index in [1.807, 2.05) is 48.5 Å². The molecule has 0 aromatic heterocycles. The summed E-state index contributed by atoms with van der Waals surface area (Å²) in [4.78, 5) is 48.5. The van der Waals surface area contributed by atoms with Gasteiger partial charge in [-0.15, -0.1) is 0 Å². The Kier molecular flexibility index (Phi) is 9.82. The lowest BCUT2D eigenvalue weighted by Crippen LogP contribution is -2.44. The summed E-state index contributed by atoms with van der Waals surface area (Å²) in [5.41, 5.74) is 10.8. The third-order valence-corrected chi connectivity index (χ3v) is 7.67. The molecule has 0 unspecified atom stereocenters. The van der Waals surface area contributed by atoms with Crippen molar-refractivity contribution in [2.24, 2.45) is 11.1 Å². The monoisotopic (exact) mass is 587 g/mol. The van der Waals surface area contributed by atoms with Gasteiger partial charge in [-0.1, -0.05) is 60.7 Å². The zero-order valence-corrected chi connectivity index (χ0v) is 24.2. The van der Waals surface area contributed by atoms with Crippen molar-refractivity contribution >= 4 is 29.6 Å². The number of ether oxygens (including phenoxy) is 1. The molecule has 4 rings (SSSR count). The standard InChI is InChI=1S/C33H37N3O7/c1-33(2,31(40)41)18-21(34)17-20-11-13-22(14-12-20)35-30(39)28(15-16-29(37)38)36-32(42)43-19-27-25-9-5-3-7-23(25)24-8-4-6-10-26(24)27/h3-14,21,27-28H,15-19,34H2,1-2H3,(H,35,39)(H,36,42)(H,37,38)(H,40,41)/t21-,28+/m0/s1. The summed E-state index contributed by atoms with van der Waals surface area (Å²) < 4.78 is 5.55. The molecule has 0 spiro atoms. The van der Waals surface area contributed by atoms with Gasteiger partial charge in [0.2, 0.25) is 5.91 Å². The van der Waals surface area contributed by atoms with Gasteiger partial charge in [-0.25, -0.2) is 4.79 Å². The van der Waals surface area contributed by atoms with E-state index in [4.69, 9.17) is 10.5 Å². The van der Waals surface area contributed by atoms with Crippen LogP contribution >= 0.6 is 0 Å². The number of benzene rings is 3. The molecule has 2 amide bonds. The normalized spacial score (nSPS) is 13.7. The van der Waals surface area contributed by atoms with Crippen LogP contribution in [-0.2, 0) is 25.5 Å². The van der Waals surface area contributed by atoms with E-state index in [0.29, 0.717) is 18.5 Å². The highest BCUT2D eigenvalue weighted by Gasteiger charge is 2.31. The lowest BCUT2D eigenvalue weighted by molar-refractivity contribution is -0.147. The topological polar surface area (TPSA) is 168 Å². The molecular formula is C33H37N3O7. The fraction of sp³-hybridized carbons (Fsp3) is 0.333. The van der Waals surface area contributed by atoms with E-state index in [2.05, 4.69) is 10.6 Å². The summed E-state index contributed by atoms with van der Waals surface area (Å²) in [6.45, 7) is 3.32. The minimum absolute atomic E-state index is 0.0559. The van der Waals surface area contributed by atoms with Crippen molar-refractivity contribution in [1.29, 1.82) is 0 Å². The number of alkyl carbamates (subject to hydrolysis) is 1. The number of nitrogens with two attached hydrogens (primary N) is 1. The number of anilines is 1. The highest BCUT2D eigenvalue weighted by Crippen LogP contribution is 2.44. The maximum absolute atomic E-state index is 13.1. The molecule has 0 saturated carbocycles. The number of nitrogens with one attached hydrogen (secondary N) is 2. The van der Waals surface area contributed by atoms with Crippen LogP contribution in [-0.4, -0.2) is 52.8 Å². The second kappa shape index (κ2) is 13.5. The fourth-order valence-corrected chi connectivity index (χ4v) is 5.39. The van der Waals surface area contributed by atoms with E-state index in [1.165, 1.54) is 0 Å². The molecule has 226 valence electrons. The molecule has 1 aliphatic carbocycles. The molecule has 10 nitrogen and oxygen atoms in total. The van der Waals surface area contributed by atoms with Gasteiger partial charge in [0.1, 0.15) is 12.6 Å². The summed E-state index contributed by atoms with van der Waals surface area (Å²) in [6.07, 6.45) is -0.521. The van der Waals surface area contributed by atoms with Crippen molar-refractivity contribution in [2.75, 3.05) is 11.9 Å². The number of carbonyl (C=O) groups is 4. The molecule has 2 atom stereocenters. The Morgan fingerprint density at radius 2 is 1.49 bits per heavy atom. The summed E-state index contributed by atoms with van der Waals surface area (Å²) in [6, 6.07) is 21.2. The minimum Gasteiger partial charge on any atom is -0.481 e. The number of amides is 2. The van der Waals surface area contributed by atoms with Gasteiger partial charge >= 0.3 is 18.0 Å². The number of aliphatic carboxylic acids is 2. The smallest absolute Gasteiger partial charge is 0.407 e. The summed E-state index contributed by atoms with van der Waals surface area (Å²) in [5, 5.41) is 23.8. The largest absolute Gasteiger partial charge is 0.481 e. The fourth-order valence-electron chi connectivity index (χ4n) is 5.39. The van der Waals surface area contributed by atoms with E-state index in [-0.39, 0.29) is 31.4 Å². The van der Waals surface area contributed by atoms with Crippen molar-refractivity contribution in [1.82, 2.24) is 5.32 Å². The second-order valence-electron chi connectivity index (χ2n) is 11.5. The molecule has 0 heterocycles. The first kappa shape index (κ1) is 31.2. The Bertz CT molecular complexity index is 1440. The molecule has 0 fully saturated rings. The third kappa shape index (κ3) is 7.98. The van der Waals surface area contributed by atoms with Gasteiger partial charge < -0.3 is 31.3 Å². The third-order valence-electron chi connectivity index (χ3n) is 7.67. The molecule has 0 aliphatic heterocycles. The molecule has 3 aromatic rings. The number of carbonyl (C=O) groups excluding carboxylic acids is 2. The second-order valence-corrected chi connectivity index (χ2v) is 11.5. The van der Waals surface area contributed by atoms with Crippen LogP contribution in [0.1, 0.15) is 55.7 Å². The number of rotatable bonds is 13. The first-order valence-corrected chi connectivity index (χ1v) is 14.2. The van der Waals surface area contributed by atoms with Gasteiger partial charge in [-0.05, 0) is 73.1 Å². The van der Waals surface area contributed by atoms with E-state index in [1.54, 1.807) is 38.1 Å². The van der Waals surface area contributed by atoms with Gasteiger partial charge in [-0.3, -0.25) is 14.4 Å². The van der Waals surface area contributed by atoms with Crippen LogP contribution in [0.2, 0.25) is 0 Å². The molecule has 0 saturated heterocycles. The van der Waals surface area contributed by atoms with E-state index >= 15 is 0 Å². The molecule has 1 aliphatic rings. The molecular weight excluding hydrogens is 550 g/mol. The van der Waals surface area contributed by atoms with Gasteiger partial charge in [0.05, 0.1) is 5.41 Å². The molecule has 0 radical (unpaired) electrons. The van der Waals surface area contributed by atoms with E-state index in [9.17, 15) is 29.4 Å². The highest BCUT2D eigenvalue weighted by atomic mass is 16.5. The maximum atomic E-state index is 13.1. The Labute approximate surface area is 250 Å². The molecule has 3 aromatic carbocycles. The molecule has 43 heavy (non-hydrogen) atoms. The van der Waals surface area contributed by atoms with Gasteiger partial charge in [0.15, 0.2) is 0 Å². The van der Waals surface area contributed by atoms with Crippen LogP contribution < -0.4 is 16.4 Å². The average Bonchev–Trinajstić information content (AvgIpc) is 3.28. The van der Waals surface area contributed by atoms with Crippen LogP contribution in [0.25, 0.3) is 11.1 Å². The van der Waals surface area contributed by atoms with Crippen LogP contribution in [0.3, 0.4) is 0 Å². The first-order valence-electron chi connectivity index (χ1n) is 14.2. The van der Waals surface area contributed by atoms with Crippen molar-refractivity contribution in [3.8, 4) is 11.1 Å². The number of carboxylic acids is 2. The SMILES string of the molecule is CC(C)(C[C@@H](N)Cc1ccc(NC(=O)[C@@H](CCC(=O)O)NC(=O)OCC2c3ccccc3-c3ccccc32)cc1)C(=O)O. The Hall–Kier alpha value is -4.70. The summed E-state index contributed by atoms with van der Waals surface area (Å²) in [5.74, 6) is -2.75. The van der Waals surface area contributed by atoms with Crippen molar-refractivity contribution < 1.29 is 34.1 Å². The summed E-state index contributed by atoms with van der Waals surface area (Å²) in [7, 11) is 0. The minimum atomic E-state index is -1.14. The quantitative estimate of drug-likeness (QED) is 0.191. The van der Waals surface area contributed by atoms with Crippen molar-refractivity contribution in [2.45, 2.75) is 57.5 Å². The van der Waals surface area contributed by atoms with Crippen LogP contribution in [0.4, 0.5) is 10.5 Å². The molecule has 0 bridgehead atoms. The Morgan fingerprint density at radius 1 is 0.907 bits per heavy atom. The molecule has 10 heteroatoms. The van der Waals surface area contributed by atoms with E-state index < -0.39 is 35.4 Å². The average molecular weight is 588 g/mol. The van der Waals surface area contributed by atoms with Crippen molar-refractivity contribution in [3.05, 3.63) is 89.5 Å². The molecule has 6 N–H and O–H groups in total.